The molecular weight excluding hydrogens is 1210 g/mol. The van der Waals surface area contributed by atoms with Crippen molar-refractivity contribution in [1.82, 2.24) is 0 Å². The normalized spacial score (nSPS) is 14.1. The third kappa shape index (κ3) is 66.7. The number of carbonyl (C=O) groups is 4. The minimum absolute atomic E-state index is 0.107. The molecule has 19 heteroatoms. The van der Waals surface area contributed by atoms with E-state index in [1.807, 2.05) is 0 Å². The molecule has 0 radical (unpaired) electrons. The molecule has 0 saturated heterocycles. The molecule has 0 aliphatic carbocycles. The lowest BCUT2D eigenvalue weighted by Gasteiger charge is -2.21. The van der Waals surface area contributed by atoms with Gasteiger partial charge in [-0.2, -0.15) is 0 Å². The summed E-state index contributed by atoms with van der Waals surface area (Å²) in [6.07, 6.45) is 51.2. The summed E-state index contributed by atoms with van der Waals surface area (Å²) in [6, 6.07) is 0. The molecule has 0 heterocycles. The van der Waals surface area contributed by atoms with Crippen molar-refractivity contribution in [3.05, 3.63) is 0 Å². The van der Waals surface area contributed by atoms with Crippen molar-refractivity contribution in [3.63, 3.8) is 0 Å². The van der Waals surface area contributed by atoms with Crippen LogP contribution in [0.4, 0.5) is 0 Å². The zero-order chi connectivity index (χ0) is 67.9. The summed E-state index contributed by atoms with van der Waals surface area (Å²) in [4.78, 5) is 72.7. The molecule has 546 valence electrons. The van der Waals surface area contributed by atoms with E-state index in [1.165, 1.54) is 193 Å². The van der Waals surface area contributed by atoms with Crippen LogP contribution in [-0.2, 0) is 65.4 Å². The fraction of sp³-hybridized carbons (Fsp3) is 0.945. The molecule has 0 saturated carbocycles. The second kappa shape index (κ2) is 65.0. The van der Waals surface area contributed by atoms with E-state index in [2.05, 4.69) is 41.5 Å². The monoisotopic (exact) mass is 1350 g/mol. The van der Waals surface area contributed by atoms with E-state index in [1.54, 1.807) is 0 Å². The lowest BCUT2D eigenvalue weighted by molar-refractivity contribution is -0.161. The van der Waals surface area contributed by atoms with Gasteiger partial charge in [-0.05, 0) is 37.5 Å². The van der Waals surface area contributed by atoms with E-state index in [0.29, 0.717) is 25.7 Å². The SMILES string of the molecule is CCCCCCCCCCCCCCCCCC(=O)O[C@H](COC(=O)CCCCCCCCCCCCCC(C)C)COP(=O)(O)OC[C@@H](O)COP(=O)(O)OC[C@@H](COC(=O)CCCCCCCCCCC(C)C)OC(=O)CCCCCCCCCCCCCC. The van der Waals surface area contributed by atoms with Gasteiger partial charge in [0.2, 0.25) is 0 Å². The standard InChI is InChI=1S/C73H142O17P2/c1-7-9-11-13-15-17-19-21-22-23-27-32-40-46-52-58-73(78)89-68(61-83-70(75)55-49-43-37-30-28-24-25-29-35-41-47-53-65(3)4)63-87-91(79,80)85-59-67(74)60-86-92(81,82)88-64-69(62-84-71(76)56-50-44-38-34-33-36-42-48-54-66(5)6)90-72(77)57-51-45-39-31-26-20-18-16-14-12-10-8-2/h65-69,74H,7-64H2,1-6H3,(H,79,80)(H,81,82)/t67-,68-,69-/m1/s1. The highest BCUT2D eigenvalue weighted by atomic mass is 31.2. The fourth-order valence-electron chi connectivity index (χ4n) is 11.1. The molecule has 3 N–H and O–H groups in total. The van der Waals surface area contributed by atoms with Gasteiger partial charge in [-0.15, -0.1) is 0 Å². The molecule has 92 heavy (non-hydrogen) atoms. The zero-order valence-electron chi connectivity index (χ0n) is 59.9. The minimum Gasteiger partial charge on any atom is -0.462 e. The highest BCUT2D eigenvalue weighted by Gasteiger charge is 2.30. The van der Waals surface area contributed by atoms with Gasteiger partial charge in [0, 0.05) is 25.7 Å². The summed E-state index contributed by atoms with van der Waals surface area (Å²) < 4.78 is 68.4. The first-order valence-electron chi connectivity index (χ1n) is 38.0. The van der Waals surface area contributed by atoms with Gasteiger partial charge in [0.25, 0.3) is 0 Å². The molecule has 0 aliphatic rings. The predicted molar refractivity (Wildman–Crippen MR) is 372 cm³/mol. The molecule has 0 aromatic heterocycles. The Bertz CT molecular complexity index is 1790. The fourth-order valence-corrected chi connectivity index (χ4v) is 12.7. The Morgan fingerprint density at radius 3 is 0.739 bits per heavy atom. The second-order valence-electron chi connectivity index (χ2n) is 27.3. The minimum atomic E-state index is -4.95. The first kappa shape index (κ1) is 90.1. The molecular formula is C73H142O17P2. The molecule has 17 nitrogen and oxygen atoms in total. The van der Waals surface area contributed by atoms with Gasteiger partial charge in [-0.25, -0.2) is 9.13 Å². The van der Waals surface area contributed by atoms with Crippen molar-refractivity contribution < 1.29 is 80.2 Å². The van der Waals surface area contributed by atoms with Crippen LogP contribution in [0.3, 0.4) is 0 Å². The Kier molecular flexibility index (Phi) is 63.7. The number of rotatable bonds is 72. The molecule has 0 spiro atoms. The first-order chi connectivity index (χ1) is 44.4. The summed E-state index contributed by atoms with van der Waals surface area (Å²) in [6.45, 7) is 9.55. The van der Waals surface area contributed by atoms with Crippen molar-refractivity contribution in [1.29, 1.82) is 0 Å². The van der Waals surface area contributed by atoms with Crippen LogP contribution in [0.1, 0.15) is 375 Å². The van der Waals surface area contributed by atoms with Crippen LogP contribution < -0.4 is 0 Å². The Balaban J connectivity index is 5.26. The van der Waals surface area contributed by atoms with Gasteiger partial charge in [-0.3, -0.25) is 37.3 Å². The Hall–Kier alpha value is -1.94. The lowest BCUT2D eigenvalue weighted by atomic mass is 10.0. The van der Waals surface area contributed by atoms with Gasteiger partial charge in [0.05, 0.1) is 26.4 Å². The van der Waals surface area contributed by atoms with Gasteiger partial charge in [-0.1, -0.05) is 324 Å². The molecule has 5 atom stereocenters. The molecule has 0 amide bonds. The van der Waals surface area contributed by atoms with Crippen molar-refractivity contribution in [2.75, 3.05) is 39.6 Å². The van der Waals surface area contributed by atoms with Crippen molar-refractivity contribution in [2.45, 2.75) is 394 Å². The topological polar surface area (TPSA) is 237 Å². The third-order valence-corrected chi connectivity index (χ3v) is 18.9. The van der Waals surface area contributed by atoms with Crippen molar-refractivity contribution >= 4 is 39.5 Å². The Morgan fingerprint density at radius 2 is 0.500 bits per heavy atom. The van der Waals surface area contributed by atoms with Crippen LogP contribution in [-0.4, -0.2) is 96.7 Å². The number of phosphoric ester groups is 2. The van der Waals surface area contributed by atoms with E-state index < -0.39 is 97.5 Å². The van der Waals surface area contributed by atoms with Gasteiger partial charge in [0.15, 0.2) is 12.2 Å². The number of hydrogen-bond acceptors (Lipinski definition) is 15. The third-order valence-electron chi connectivity index (χ3n) is 17.0. The Labute approximate surface area is 562 Å². The number of aliphatic hydroxyl groups excluding tert-OH is 1. The maximum absolute atomic E-state index is 13.1. The zero-order valence-corrected chi connectivity index (χ0v) is 61.6. The maximum Gasteiger partial charge on any atom is 0.472 e. The molecule has 0 aliphatic heterocycles. The van der Waals surface area contributed by atoms with E-state index in [4.69, 9.17) is 37.0 Å². The molecule has 0 bridgehead atoms. The number of ether oxygens (including phenoxy) is 4. The van der Waals surface area contributed by atoms with Crippen LogP contribution in [0.2, 0.25) is 0 Å². The number of aliphatic hydroxyl groups is 1. The quantitative estimate of drug-likeness (QED) is 0.0222. The molecule has 0 rings (SSSR count). The number of carbonyl (C=O) groups excluding carboxylic acids is 4. The second-order valence-corrected chi connectivity index (χ2v) is 30.2. The molecule has 2 unspecified atom stereocenters. The smallest absolute Gasteiger partial charge is 0.462 e. The van der Waals surface area contributed by atoms with E-state index in [9.17, 15) is 43.2 Å². The Morgan fingerprint density at radius 1 is 0.293 bits per heavy atom. The summed E-state index contributed by atoms with van der Waals surface area (Å²) in [5.41, 5.74) is 0. The number of hydrogen-bond donors (Lipinski definition) is 3. The lowest BCUT2D eigenvalue weighted by Crippen LogP contribution is -2.30. The van der Waals surface area contributed by atoms with Crippen molar-refractivity contribution in [3.8, 4) is 0 Å². The summed E-state index contributed by atoms with van der Waals surface area (Å²) in [7, 11) is -9.91. The predicted octanol–water partition coefficient (Wildman–Crippen LogP) is 21.2. The van der Waals surface area contributed by atoms with Crippen LogP contribution in [0, 0.1) is 11.8 Å². The number of unbranched alkanes of at least 4 members (excludes halogenated alkanes) is 42. The molecule has 0 aromatic rings. The van der Waals surface area contributed by atoms with Crippen LogP contribution in [0.15, 0.2) is 0 Å². The number of phosphoric acid groups is 2. The molecule has 0 fully saturated rings. The highest BCUT2D eigenvalue weighted by molar-refractivity contribution is 7.47. The van der Waals surface area contributed by atoms with Crippen LogP contribution >= 0.6 is 15.6 Å². The average Bonchev–Trinajstić information content (AvgIpc) is 1.71. The van der Waals surface area contributed by atoms with E-state index in [-0.39, 0.29) is 25.7 Å². The highest BCUT2D eigenvalue weighted by Crippen LogP contribution is 2.45. The van der Waals surface area contributed by atoms with Crippen molar-refractivity contribution in [2.24, 2.45) is 11.8 Å². The molecule has 0 aromatic carbocycles. The largest absolute Gasteiger partial charge is 0.472 e. The van der Waals surface area contributed by atoms with Gasteiger partial charge in [0.1, 0.15) is 19.3 Å². The first-order valence-corrected chi connectivity index (χ1v) is 41.0. The van der Waals surface area contributed by atoms with E-state index in [0.717, 1.165) is 102 Å². The average molecular weight is 1350 g/mol. The summed E-state index contributed by atoms with van der Waals surface area (Å²) >= 11 is 0. The van der Waals surface area contributed by atoms with Crippen LogP contribution in [0.5, 0.6) is 0 Å². The maximum atomic E-state index is 13.1. The van der Waals surface area contributed by atoms with Gasteiger partial charge < -0.3 is 33.8 Å². The van der Waals surface area contributed by atoms with Crippen LogP contribution in [0.25, 0.3) is 0 Å². The van der Waals surface area contributed by atoms with E-state index >= 15 is 0 Å². The van der Waals surface area contributed by atoms with Gasteiger partial charge >= 0.3 is 39.5 Å². The summed E-state index contributed by atoms with van der Waals surface area (Å²) in [5, 5.41) is 10.6. The number of esters is 4. The summed E-state index contributed by atoms with van der Waals surface area (Å²) in [5.74, 6) is -0.620.